The van der Waals surface area contributed by atoms with Crippen molar-refractivity contribution in [3.05, 3.63) is 58.5 Å². The molecule has 1 aromatic heterocycles. The number of nitrogens with zero attached hydrogens (tertiary/aromatic N) is 2. The highest BCUT2D eigenvalue weighted by Gasteiger charge is 2.18. The van der Waals surface area contributed by atoms with Gasteiger partial charge in [-0.15, -0.1) is 0 Å². The second-order valence-corrected chi connectivity index (χ2v) is 7.55. The van der Waals surface area contributed by atoms with Gasteiger partial charge in [0.25, 0.3) is 11.5 Å². The van der Waals surface area contributed by atoms with Crippen LogP contribution in [0.2, 0.25) is 0 Å². The molecule has 0 unspecified atom stereocenters. The number of hydrogen-bond donors (Lipinski definition) is 1. The topological polar surface area (TPSA) is 82.5 Å². The normalized spacial score (nSPS) is 11.0. The smallest absolute Gasteiger partial charge is 0.276 e. The maximum atomic E-state index is 13.1. The lowest BCUT2D eigenvalue weighted by Crippen LogP contribution is -2.28. The number of hydrogen-bond acceptors (Lipinski definition) is 5. The van der Waals surface area contributed by atoms with Crippen LogP contribution < -0.4 is 20.3 Å². The summed E-state index contributed by atoms with van der Waals surface area (Å²) in [4.78, 5) is 25.8. The average Bonchev–Trinajstić information content (AvgIpc) is 2.77. The molecular weight excluding hydrogens is 394 g/mol. The molecule has 1 heterocycles. The highest BCUT2D eigenvalue weighted by Crippen LogP contribution is 2.31. The van der Waals surface area contributed by atoms with E-state index < -0.39 is 5.91 Å². The second kappa shape index (κ2) is 10.1. The Hall–Kier alpha value is -3.35. The molecule has 0 radical (unpaired) electrons. The molecule has 3 aromatic rings. The van der Waals surface area contributed by atoms with E-state index >= 15 is 0 Å². The first-order chi connectivity index (χ1) is 15.0. The number of aromatic nitrogens is 2. The van der Waals surface area contributed by atoms with E-state index in [1.165, 1.54) is 4.68 Å². The SMILES string of the molecule is CCCOc1ccc(NC(=O)c2nn(C(C)C)c(=O)c3ccccc23)cc1OCCC. The maximum absolute atomic E-state index is 13.1. The molecule has 0 fully saturated rings. The standard InChI is InChI=1S/C24H29N3O4/c1-5-13-30-20-12-11-17(15-21(20)31-14-6-2)25-23(28)22-18-9-7-8-10-19(18)24(29)27(26-22)16(3)4/h7-12,15-16H,5-6,13-14H2,1-4H3,(H,25,28). The Morgan fingerprint density at radius 3 is 2.29 bits per heavy atom. The third-order valence-electron chi connectivity index (χ3n) is 4.66. The zero-order chi connectivity index (χ0) is 22.4. The summed E-state index contributed by atoms with van der Waals surface area (Å²) in [6.45, 7) is 8.91. The molecule has 164 valence electrons. The molecule has 0 atom stereocenters. The lowest BCUT2D eigenvalue weighted by atomic mass is 10.1. The van der Waals surface area contributed by atoms with Gasteiger partial charge in [-0.05, 0) is 44.9 Å². The van der Waals surface area contributed by atoms with Gasteiger partial charge in [-0.3, -0.25) is 9.59 Å². The number of carbonyl (C=O) groups is 1. The maximum Gasteiger partial charge on any atom is 0.276 e. The Bertz CT molecular complexity index is 1120. The van der Waals surface area contributed by atoms with Gasteiger partial charge in [0.15, 0.2) is 17.2 Å². The van der Waals surface area contributed by atoms with Crippen molar-refractivity contribution >= 4 is 22.4 Å². The summed E-state index contributed by atoms with van der Waals surface area (Å²) in [6.07, 6.45) is 1.74. The van der Waals surface area contributed by atoms with Crippen molar-refractivity contribution < 1.29 is 14.3 Å². The number of ether oxygens (including phenoxy) is 2. The van der Waals surface area contributed by atoms with E-state index in [0.29, 0.717) is 41.2 Å². The molecule has 0 aliphatic carbocycles. The molecule has 0 aliphatic heterocycles. The van der Waals surface area contributed by atoms with Gasteiger partial charge in [-0.25, -0.2) is 4.68 Å². The molecule has 0 spiro atoms. The molecule has 7 nitrogen and oxygen atoms in total. The van der Waals surface area contributed by atoms with Crippen molar-refractivity contribution in [1.82, 2.24) is 9.78 Å². The number of rotatable bonds is 9. The fourth-order valence-corrected chi connectivity index (χ4v) is 3.16. The second-order valence-electron chi connectivity index (χ2n) is 7.55. The van der Waals surface area contributed by atoms with E-state index in [9.17, 15) is 9.59 Å². The van der Waals surface area contributed by atoms with Gasteiger partial charge >= 0.3 is 0 Å². The number of anilines is 1. The molecule has 0 aliphatic rings. The van der Waals surface area contributed by atoms with Gasteiger partial charge in [0.2, 0.25) is 0 Å². The molecule has 31 heavy (non-hydrogen) atoms. The van der Waals surface area contributed by atoms with E-state index in [2.05, 4.69) is 10.4 Å². The molecule has 0 saturated heterocycles. The monoisotopic (exact) mass is 423 g/mol. The highest BCUT2D eigenvalue weighted by molar-refractivity contribution is 6.11. The van der Waals surface area contributed by atoms with Crippen molar-refractivity contribution in [2.75, 3.05) is 18.5 Å². The van der Waals surface area contributed by atoms with Crippen molar-refractivity contribution in [1.29, 1.82) is 0 Å². The van der Waals surface area contributed by atoms with Gasteiger partial charge < -0.3 is 14.8 Å². The first kappa shape index (κ1) is 22.3. The van der Waals surface area contributed by atoms with Crippen molar-refractivity contribution in [2.24, 2.45) is 0 Å². The largest absolute Gasteiger partial charge is 0.490 e. The predicted octanol–water partition coefficient (Wildman–Crippen LogP) is 4.81. The first-order valence-corrected chi connectivity index (χ1v) is 10.7. The number of nitrogens with one attached hydrogen (secondary N) is 1. The van der Waals surface area contributed by atoms with Crippen LogP contribution in [-0.2, 0) is 0 Å². The van der Waals surface area contributed by atoms with Crippen LogP contribution in [-0.4, -0.2) is 28.9 Å². The van der Waals surface area contributed by atoms with E-state index in [1.807, 2.05) is 27.7 Å². The molecular formula is C24H29N3O4. The Kier molecular flexibility index (Phi) is 7.28. The number of amides is 1. The molecule has 7 heteroatoms. The minimum absolute atomic E-state index is 0.173. The van der Waals surface area contributed by atoms with Gasteiger partial charge in [0, 0.05) is 17.1 Å². The van der Waals surface area contributed by atoms with Crippen LogP contribution in [0.25, 0.3) is 10.8 Å². The predicted molar refractivity (Wildman–Crippen MR) is 122 cm³/mol. The average molecular weight is 424 g/mol. The van der Waals surface area contributed by atoms with Crippen LogP contribution in [0.1, 0.15) is 57.1 Å². The fraction of sp³-hybridized carbons (Fsp3) is 0.375. The van der Waals surface area contributed by atoms with Crippen molar-refractivity contribution in [2.45, 2.75) is 46.6 Å². The van der Waals surface area contributed by atoms with Gasteiger partial charge in [-0.1, -0.05) is 32.0 Å². The minimum atomic E-state index is -0.394. The molecule has 0 bridgehead atoms. The Labute approximate surface area is 182 Å². The quantitative estimate of drug-likeness (QED) is 0.534. The summed E-state index contributed by atoms with van der Waals surface area (Å²) in [5.74, 6) is 0.831. The zero-order valence-corrected chi connectivity index (χ0v) is 18.5. The van der Waals surface area contributed by atoms with Crippen molar-refractivity contribution in [3.63, 3.8) is 0 Å². The molecule has 1 amide bonds. The molecule has 0 saturated carbocycles. The third-order valence-corrected chi connectivity index (χ3v) is 4.66. The van der Waals surface area contributed by atoms with Crippen LogP contribution in [0, 0.1) is 0 Å². The van der Waals surface area contributed by atoms with E-state index in [-0.39, 0.29) is 17.3 Å². The molecule has 3 rings (SSSR count). The summed E-state index contributed by atoms with van der Waals surface area (Å²) >= 11 is 0. The van der Waals surface area contributed by atoms with Gasteiger partial charge in [-0.2, -0.15) is 5.10 Å². The number of fused-ring (bicyclic) bond motifs is 1. The fourth-order valence-electron chi connectivity index (χ4n) is 3.16. The number of carbonyl (C=O) groups excluding carboxylic acids is 1. The van der Waals surface area contributed by atoms with E-state index in [4.69, 9.17) is 9.47 Å². The van der Waals surface area contributed by atoms with Crippen molar-refractivity contribution in [3.8, 4) is 11.5 Å². The van der Waals surface area contributed by atoms with Crippen LogP contribution in [0.3, 0.4) is 0 Å². The molecule has 1 N–H and O–H groups in total. The third kappa shape index (κ3) is 5.05. The Morgan fingerprint density at radius 2 is 1.65 bits per heavy atom. The Balaban J connectivity index is 1.97. The minimum Gasteiger partial charge on any atom is -0.490 e. The van der Waals surface area contributed by atoms with Gasteiger partial charge in [0.05, 0.1) is 24.6 Å². The highest BCUT2D eigenvalue weighted by atomic mass is 16.5. The summed E-state index contributed by atoms with van der Waals surface area (Å²) in [5.41, 5.74) is 0.550. The zero-order valence-electron chi connectivity index (χ0n) is 18.5. The number of benzene rings is 2. The summed E-state index contributed by atoms with van der Waals surface area (Å²) in [6, 6.07) is 12.1. The van der Waals surface area contributed by atoms with Crippen LogP contribution >= 0.6 is 0 Å². The summed E-state index contributed by atoms with van der Waals surface area (Å²) in [7, 11) is 0. The summed E-state index contributed by atoms with van der Waals surface area (Å²) < 4.78 is 12.9. The molecule has 2 aromatic carbocycles. The van der Waals surface area contributed by atoms with E-state index in [0.717, 1.165) is 12.8 Å². The van der Waals surface area contributed by atoms with Gasteiger partial charge in [0.1, 0.15) is 0 Å². The Morgan fingerprint density at radius 1 is 1.00 bits per heavy atom. The van der Waals surface area contributed by atoms with Crippen LogP contribution in [0.4, 0.5) is 5.69 Å². The van der Waals surface area contributed by atoms with Crippen LogP contribution in [0.5, 0.6) is 11.5 Å². The van der Waals surface area contributed by atoms with Crippen LogP contribution in [0.15, 0.2) is 47.3 Å². The lowest BCUT2D eigenvalue weighted by molar-refractivity contribution is 0.102. The summed E-state index contributed by atoms with van der Waals surface area (Å²) in [5, 5.41) is 8.23. The van der Waals surface area contributed by atoms with E-state index in [1.54, 1.807) is 42.5 Å². The first-order valence-electron chi connectivity index (χ1n) is 10.7. The lowest BCUT2D eigenvalue weighted by Gasteiger charge is -2.15.